The molecule has 5 nitrogen and oxygen atoms in total. The summed E-state index contributed by atoms with van der Waals surface area (Å²) in [6, 6.07) is 0. The number of hydrogen-bond donors (Lipinski definition) is 2. The maximum absolute atomic E-state index is 11.4. The molecule has 0 heterocycles. The molecule has 0 amide bonds. The van der Waals surface area contributed by atoms with Gasteiger partial charge in [0.1, 0.15) is 0 Å². The Hall–Kier alpha value is -1.46. The average Bonchev–Trinajstić information content (AvgIpc) is 1.88. The van der Waals surface area contributed by atoms with Crippen molar-refractivity contribution < 1.29 is 14.4 Å². The maximum atomic E-state index is 11.4. The van der Waals surface area contributed by atoms with Gasteiger partial charge in [0, 0.05) is 7.05 Å². The van der Waals surface area contributed by atoms with Gasteiger partial charge < -0.3 is 10.8 Å². The number of amidine groups is 1. The Morgan fingerprint density at radius 3 is 2.30 bits per heavy atom. The zero-order valence-electron chi connectivity index (χ0n) is 5.21. The van der Waals surface area contributed by atoms with E-state index in [0.717, 1.165) is 0 Å². The summed E-state index contributed by atoms with van der Waals surface area (Å²) < 4.78 is 11.4. The third-order valence-electron chi connectivity index (χ3n) is 0.771. The van der Waals surface area contributed by atoms with Crippen LogP contribution in [0.25, 0.3) is 0 Å². The summed E-state index contributed by atoms with van der Waals surface area (Å²) >= 11 is 0. The van der Waals surface area contributed by atoms with Crippen molar-refractivity contribution in [2.24, 2.45) is 15.9 Å². The van der Waals surface area contributed by atoms with Gasteiger partial charge in [-0.1, -0.05) is 9.70 Å². The first-order valence-electron chi connectivity index (χ1n) is 2.28. The van der Waals surface area contributed by atoms with Gasteiger partial charge >= 0.3 is 5.97 Å². The largest absolute Gasteiger partial charge is 0.476 e. The molecule has 56 valence electrons. The Bertz CT molecular complexity index is 199. The molecule has 0 aromatic rings. The minimum atomic E-state index is -1.54. The topological polar surface area (TPSA) is 88.0 Å². The van der Waals surface area contributed by atoms with E-state index in [1.165, 1.54) is 7.05 Å². The summed E-state index contributed by atoms with van der Waals surface area (Å²) in [4.78, 5) is 13.2. The van der Waals surface area contributed by atoms with E-state index in [1.54, 1.807) is 0 Å². The molecule has 0 aliphatic rings. The molecule has 0 radical (unpaired) electrons. The number of carboxylic acid groups (broad SMARTS) is 1. The van der Waals surface area contributed by atoms with Gasteiger partial charge in [0.25, 0.3) is 0 Å². The Morgan fingerprint density at radius 2 is 2.20 bits per heavy atom. The molecule has 0 saturated carbocycles. The van der Waals surface area contributed by atoms with Crippen LogP contribution in [-0.4, -0.2) is 29.7 Å². The fourth-order valence-corrected chi connectivity index (χ4v) is 0.295. The molecule has 0 fully saturated rings. The molecule has 0 bridgehead atoms. The lowest BCUT2D eigenvalue weighted by atomic mass is 10.3. The van der Waals surface area contributed by atoms with E-state index in [2.05, 4.69) is 4.99 Å². The van der Waals surface area contributed by atoms with Crippen LogP contribution in [0.15, 0.2) is 10.2 Å². The summed E-state index contributed by atoms with van der Waals surface area (Å²) in [7, 11) is 1.24. The number of carboxylic acids is 1. The van der Waals surface area contributed by atoms with Gasteiger partial charge in [-0.15, -0.1) is 0 Å². The second-order valence-corrected chi connectivity index (χ2v) is 1.35. The Labute approximate surface area is 56.0 Å². The van der Waals surface area contributed by atoms with E-state index in [4.69, 9.17) is 10.8 Å². The highest BCUT2D eigenvalue weighted by Gasteiger charge is 2.13. The molecule has 0 aliphatic heterocycles. The highest BCUT2D eigenvalue weighted by atomic mass is 19.2. The smallest absolute Gasteiger partial charge is 0.361 e. The molecule has 0 unspecified atom stereocenters. The number of halogens is 1. The maximum Gasteiger partial charge on any atom is 0.361 e. The van der Waals surface area contributed by atoms with Crippen molar-refractivity contribution in [2.75, 3.05) is 7.05 Å². The minimum Gasteiger partial charge on any atom is -0.476 e. The zero-order chi connectivity index (χ0) is 8.15. The van der Waals surface area contributed by atoms with Crippen molar-refractivity contribution in [2.45, 2.75) is 0 Å². The van der Waals surface area contributed by atoms with Crippen molar-refractivity contribution in [1.29, 1.82) is 0 Å². The number of nitrogens with zero attached hydrogens (tertiary/aromatic N) is 2. The van der Waals surface area contributed by atoms with E-state index in [9.17, 15) is 9.28 Å². The minimum absolute atomic E-state index is 0.435. The molecule has 6 heteroatoms. The van der Waals surface area contributed by atoms with E-state index in [-0.39, 0.29) is 0 Å². The van der Waals surface area contributed by atoms with Crippen LogP contribution in [-0.2, 0) is 4.79 Å². The number of aliphatic carboxylic acids is 1. The van der Waals surface area contributed by atoms with E-state index < -0.39 is 17.5 Å². The van der Waals surface area contributed by atoms with Crippen molar-refractivity contribution in [3.63, 3.8) is 0 Å². The lowest BCUT2D eigenvalue weighted by molar-refractivity contribution is -0.129. The number of aliphatic imine (C=N–C) groups is 1. The standard InChI is InChI=1S/C4H6FN3O2/c1-7-3(6)2(8-5)4(9)10/h1H3,(H2,6,7)(H,9,10)/b8-2+. The molecule has 0 saturated heterocycles. The molecule has 0 aliphatic carbocycles. The van der Waals surface area contributed by atoms with Crippen molar-refractivity contribution in [3.05, 3.63) is 0 Å². The third-order valence-corrected chi connectivity index (χ3v) is 0.771. The van der Waals surface area contributed by atoms with Gasteiger partial charge in [-0.25, -0.2) is 4.79 Å². The first-order chi connectivity index (χ1) is 4.63. The number of carbonyl (C=O) groups is 1. The molecule has 0 atom stereocenters. The molecular weight excluding hydrogens is 141 g/mol. The fourth-order valence-electron chi connectivity index (χ4n) is 0.295. The summed E-state index contributed by atoms with van der Waals surface area (Å²) in [5, 5.41) is 10.1. The number of nitrogens with two attached hydrogens (primary N) is 1. The van der Waals surface area contributed by atoms with Gasteiger partial charge in [0.2, 0.25) is 5.71 Å². The van der Waals surface area contributed by atoms with Gasteiger partial charge in [0.05, 0.1) is 0 Å². The number of hydrogen-bond acceptors (Lipinski definition) is 3. The van der Waals surface area contributed by atoms with Crippen molar-refractivity contribution in [3.8, 4) is 0 Å². The first-order valence-corrected chi connectivity index (χ1v) is 2.28. The summed E-state index contributed by atoms with van der Waals surface area (Å²) in [6.07, 6.45) is 0. The first kappa shape index (κ1) is 8.54. The van der Waals surface area contributed by atoms with Crippen molar-refractivity contribution in [1.82, 2.24) is 0 Å². The molecule has 0 aromatic carbocycles. The highest BCUT2D eigenvalue weighted by Crippen LogP contribution is 1.81. The normalized spacial score (nSPS) is 13.4. The van der Waals surface area contributed by atoms with Gasteiger partial charge in [-0.05, 0) is 0 Å². The Kier molecular flexibility index (Phi) is 3.03. The monoisotopic (exact) mass is 147 g/mol. The quantitative estimate of drug-likeness (QED) is 0.403. The Morgan fingerprint density at radius 1 is 1.70 bits per heavy atom. The van der Waals surface area contributed by atoms with Gasteiger partial charge in [-0.2, -0.15) is 0 Å². The lowest BCUT2D eigenvalue weighted by Gasteiger charge is -1.93. The molecule has 0 rings (SSSR count). The SMILES string of the molecule is C/N=C(N)\C(=N/F)C(=O)O. The number of rotatable bonds is 2. The lowest BCUT2D eigenvalue weighted by Crippen LogP contribution is -2.30. The van der Waals surface area contributed by atoms with E-state index in [1.807, 2.05) is 5.21 Å². The van der Waals surface area contributed by atoms with Crippen LogP contribution in [0.1, 0.15) is 0 Å². The van der Waals surface area contributed by atoms with Crippen LogP contribution in [0.2, 0.25) is 0 Å². The summed E-state index contributed by atoms with van der Waals surface area (Å²) in [6.45, 7) is 0. The molecule has 10 heavy (non-hydrogen) atoms. The van der Waals surface area contributed by atoms with Crippen LogP contribution < -0.4 is 5.73 Å². The second-order valence-electron chi connectivity index (χ2n) is 1.35. The van der Waals surface area contributed by atoms with Crippen molar-refractivity contribution >= 4 is 17.5 Å². The molecule has 3 N–H and O–H groups in total. The highest BCUT2D eigenvalue weighted by molar-refractivity contribution is 6.64. The predicted molar refractivity (Wildman–Crippen MR) is 33.7 cm³/mol. The fraction of sp³-hybridized carbons (Fsp3) is 0.250. The van der Waals surface area contributed by atoms with Crippen LogP contribution in [0.4, 0.5) is 4.48 Å². The van der Waals surface area contributed by atoms with E-state index in [0.29, 0.717) is 0 Å². The van der Waals surface area contributed by atoms with Crippen LogP contribution in [0.3, 0.4) is 0 Å². The molecular formula is C4H6FN3O2. The average molecular weight is 147 g/mol. The van der Waals surface area contributed by atoms with Crippen LogP contribution in [0.5, 0.6) is 0 Å². The molecule has 0 spiro atoms. The third kappa shape index (κ3) is 1.81. The van der Waals surface area contributed by atoms with Crippen LogP contribution >= 0.6 is 0 Å². The summed E-state index contributed by atoms with van der Waals surface area (Å²) in [5.74, 6) is -1.97. The predicted octanol–water partition coefficient (Wildman–Crippen LogP) is -0.617. The Balaban J connectivity index is 4.56. The van der Waals surface area contributed by atoms with Crippen LogP contribution in [0, 0.1) is 0 Å². The van der Waals surface area contributed by atoms with E-state index >= 15 is 0 Å². The second kappa shape index (κ2) is 3.54. The van der Waals surface area contributed by atoms with Gasteiger partial charge in [0.15, 0.2) is 5.84 Å². The molecule has 0 aromatic heterocycles. The zero-order valence-corrected chi connectivity index (χ0v) is 5.21. The summed E-state index contributed by atoms with van der Waals surface area (Å²) in [5.41, 5.74) is 4.05. The van der Waals surface area contributed by atoms with Gasteiger partial charge in [-0.3, -0.25) is 4.99 Å².